The van der Waals surface area contributed by atoms with Gasteiger partial charge in [-0.3, -0.25) is 9.59 Å². The van der Waals surface area contributed by atoms with Crippen LogP contribution in [0.3, 0.4) is 0 Å². The van der Waals surface area contributed by atoms with Crippen molar-refractivity contribution in [1.29, 1.82) is 0 Å². The van der Waals surface area contributed by atoms with E-state index in [0.717, 1.165) is 32.1 Å². The standard InChI is InChI=1S/C31H43NO4/c1-26(2)11-13-31(25(35)36)14-12-30(7)23(18(31)16-26)20(33)15-22-28(5)17-19(32-8)24(34)27(3,4)21(28)9-10-29(22,30)6/h17-18,21-23H,9-16H2,1-7H3,(H,35,36)/t18?,21-,22+,23?,28-,29+,30+,31-/m0/s1. The minimum atomic E-state index is -0.796. The molecular formula is C31H43NO4. The Balaban J connectivity index is 1.65. The largest absolute Gasteiger partial charge is 0.481 e. The fourth-order valence-electron chi connectivity index (χ4n) is 10.6. The Morgan fingerprint density at radius 2 is 1.58 bits per heavy atom. The SMILES string of the molecule is [C-]#[N+]C1=C[C@]2(C)[C@H]3CC(=O)C4C5CC(C)(C)CC[C@]5(C(=O)O)CC[C@@]4(C)[C@]3(C)CC[C@H]2C(C)(C)C1=O. The number of ketones is 2. The summed E-state index contributed by atoms with van der Waals surface area (Å²) < 4.78 is 0. The minimum Gasteiger partial charge on any atom is -0.481 e. The summed E-state index contributed by atoms with van der Waals surface area (Å²) in [5.74, 6) is -0.804. The van der Waals surface area contributed by atoms with E-state index in [1.54, 1.807) is 0 Å². The van der Waals surface area contributed by atoms with E-state index in [9.17, 15) is 19.5 Å². The number of allylic oxidation sites excluding steroid dienone is 2. The molecule has 0 aromatic carbocycles. The highest BCUT2D eigenvalue weighted by molar-refractivity contribution is 6.02. The second-order valence-corrected chi connectivity index (χ2v) is 15.1. The van der Waals surface area contributed by atoms with E-state index in [-0.39, 0.29) is 57.2 Å². The van der Waals surface area contributed by atoms with Gasteiger partial charge in [-0.25, -0.2) is 4.85 Å². The summed E-state index contributed by atoms with van der Waals surface area (Å²) >= 11 is 0. The molecule has 5 rings (SSSR count). The van der Waals surface area contributed by atoms with Crippen molar-refractivity contribution in [3.8, 4) is 0 Å². The average Bonchev–Trinajstić information content (AvgIpc) is 2.77. The van der Waals surface area contributed by atoms with Crippen LogP contribution in [0.1, 0.15) is 99.8 Å². The second-order valence-electron chi connectivity index (χ2n) is 15.1. The predicted octanol–water partition coefficient (Wildman–Crippen LogP) is 6.72. The zero-order valence-electron chi connectivity index (χ0n) is 23.2. The van der Waals surface area contributed by atoms with Gasteiger partial charge in [0.05, 0.1) is 12.0 Å². The molecule has 5 nitrogen and oxygen atoms in total. The van der Waals surface area contributed by atoms with Crippen LogP contribution >= 0.6 is 0 Å². The van der Waals surface area contributed by atoms with E-state index < -0.39 is 22.2 Å². The van der Waals surface area contributed by atoms with Gasteiger partial charge in [-0.05, 0) is 84.4 Å². The van der Waals surface area contributed by atoms with Crippen LogP contribution in [-0.4, -0.2) is 22.6 Å². The lowest BCUT2D eigenvalue weighted by Gasteiger charge is -2.71. The molecule has 0 amide bonds. The van der Waals surface area contributed by atoms with Crippen molar-refractivity contribution >= 4 is 17.5 Å². The molecule has 4 fully saturated rings. The summed E-state index contributed by atoms with van der Waals surface area (Å²) in [5, 5.41) is 10.5. The summed E-state index contributed by atoms with van der Waals surface area (Å²) in [4.78, 5) is 43.9. The quantitative estimate of drug-likeness (QED) is 0.411. The van der Waals surface area contributed by atoms with Crippen molar-refractivity contribution < 1.29 is 19.5 Å². The lowest BCUT2D eigenvalue weighted by molar-refractivity contribution is -0.225. The summed E-state index contributed by atoms with van der Waals surface area (Å²) in [7, 11) is 0. The summed E-state index contributed by atoms with van der Waals surface area (Å²) in [6.07, 6.45) is 7.91. The van der Waals surface area contributed by atoms with Gasteiger partial charge in [0.15, 0.2) is 5.78 Å². The van der Waals surface area contributed by atoms with E-state index in [4.69, 9.17) is 6.57 Å². The molecule has 36 heavy (non-hydrogen) atoms. The van der Waals surface area contributed by atoms with Crippen molar-refractivity contribution in [2.24, 2.45) is 56.2 Å². The van der Waals surface area contributed by atoms with Crippen LogP contribution in [0.25, 0.3) is 4.85 Å². The van der Waals surface area contributed by atoms with E-state index >= 15 is 0 Å². The Kier molecular flexibility index (Phi) is 5.23. The van der Waals surface area contributed by atoms with Crippen molar-refractivity contribution in [2.45, 2.75) is 99.8 Å². The first-order valence-electron chi connectivity index (χ1n) is 13.9. The van der Waals surface area contributed by atoms with Crippen LogP contribution in [0.4, 0.5) is 0 Å². The van der Waals surface area contributed by atoms with E-state index in [1.165, 1.54) is 0 Å². The van der Waals surface area contributed by atoms with Gasteiger partial charge in [0.25, 0.3) is 0 Å². The van der Waals surface area contributed by atoms with Crippen LogP contribution in [0.15, 0.2) is 11.8 Å². The Hall–Kier alpha value is -1.96. The molecule has 4 saturated carbocycles. The molecular weight excluding hydrogens is 450 g/mol. The molecule has 2 unspecified atom stereocenters. The molecule has 0 heterocycles. The van der Waals surface area contributed by atoms with Gasteiger partial charge < -0.3 is 9.90 Å². The number of Topliss-reactive ketones (excluding diaryl/α,β-unsaturated/α-hetero) is 2. The van der Waals surface area contributed by atoms with Crippen LogP contribution in [0.5, 0.6) is 0 Å². The molecule has 196 valence electrons. The van der Waals surface area contributed by atoms with Crippen molar-refractivity contribution in [3.63, 3.8) is 0 Å². The monoisotopic (exact) mass is 493 g/mol. The smallest absolute Gasteiger partial charge is 0.309 e. The van der Waals surface area contributed by atoms with Gasteiger partial charge in [0, 0.05) is 17.8 Å². The first-order valence-corrected chi connectivity index (χ1v) is 13.9. The molecule has 0 radical (unpaired) electrons. The number of carboxylic acids is 1. The zero-order valence-corrected chi connectivity index (χ0v) is 23.2. The Morgan fingerprint density at radius 3 is 2.19 bits per heavy atom. The van der Waals surface area contributed by atoms with Gasteiger partial charge in [0.2, 0.25) is 5.70 Å². The lowest BCUT2D eigenvalue weighted by Crippen LogP contribution is -2.69. The fourth-order valence-corrected chi connectivity index (χ4v) is 10.6. The van der Waals surface area contributed by atoms with Gasteiger partial charge in [-0.2, -0.15) is 0 Å². The highest BCUT2D eigenvalue weighted by Gasteiger charge is 2.73. The number of rotatable bonds is 1. The molecule has 0 aromatic heterocycles. The zero-order chi connectivity index (χ0) is 26.7. The third-order valence-electron chi connectivity index (χ3n) is 12.9. The Bertz CT molecular complexity index is 1130. The predicted molar refractivity (Wildman–Crippen MR) is 138 cm³/mol. The second kappa shape index (κ2) is 7.33. The molecule has 5 aliphatic rings. The van der Waals surface area contributed by atoms with Gasteiger partial charge in [-0.1, -0.05) is 54.5 Å². The number of aliphatic carboxylic acids is 1. The van der Waals surface area contributed by atoms with Crippen LogP contribution < -0.4 is 0 Å². The summed E-state index contributed by atoms with van der Waals surface area (Å²) in [6, 6.07) is 0. The maximum Gasteiger partial charge on any atom is 0.309 e. The topological polar surface area (TPSA) is 75.8 Å². The number of nitrogens with zero attached hydrogens (tertiary/aromatic N) is 1. The molecule has 8 atom stereocenters. The molecule has 0 aromatic rings. The first kappa shape index (κ1) is 25.7. The number of carboxylic acid groups (broad SMARTS) is 1. The third-order valence-corrected chi connectivity index (χ3v) is 12.9. The van der Waals surface area contributed by atoms with E-state index in [0.29, 0.717) is 19.3 Å². The van der Waals surface area contributed by atoms with Crippen LogP contribution in [0.2, 0.25) is 0 Å². The molecule has 0 bridgehead atoms. The van der Waals surface area contributed by atoms with E-state index in [1.807, 2.05) is 19.9 Å². The molecule has 5 heteroatoms. The molecule has 0 aliphatic heterocycles. The maximum absolute atomic E-state index is 14.3. The average molecular weight is 494 g/mol. The Labute approximate surface area is 216 Å². The third kappa shape index (κ3) is 2.91. The van der Waals surface area contributed by atoms with Crippen molar-refractivity contribution in [1.82, 2.24) is 0 Å². The molecule has 0 spiro atoms. The number of hydrogen-bond acceptors (Lipinski definition) is 3. The van der Waals surface area contributed by atoms with Crippen LogP contribution in [0, 0.1) is 62.7 Å². The van der Waals surface area contributed by atoms with Crippen LogP contribution in [-0.2, 0) is 14.4 Å². The number of fused-ring (bicyclic) bond motifs is 7. The van der Waals surface area contributed by atoms with Gasteiger partial charge in [0.1, 0.15) is 5.78 Å². The fraction of sp³-hybridized carbons (Fsp3) is 0.806. The molecule has 1 N–H and O–H groups in total. The number of carbonyl (C=O) groups excluding carboxylic acids is 2. The first-order chi connectivity index (χ1) is 16.5. The normalized spacial score (nSPS) is 48.9. The maximum atomic E-state index is 14.3. The Morgan fingerprint density at radius 1 is 0.944 bits per heavy atom. The summed E-state index contributed by atoms with van der Waals surface area (Å²) in [6.45, 7) is 23.0. The van der Waals surface area contributed by atoms with Crippen molar-refractivity contribution in [3.05, 3.63) is 23.2 Å². The van der Waals surface area contributed by atoms with Crippen molar-refractivity contribution in [2.75, 3.05) is 0 Å². The number of carbonyl (C=O) groups is 3. The summed E-state index contributed by atoms with van der Waals surface area (Å²) in [5.41, 5.74) is -2.05. The highest BCUT2D eigenvalue weighted by atomic mass is 16.4. The minimum absolute atomic E-state index is 0.0323. The molecule has 0 saturated heterocycles. The lowest BCUT2D eigenvalue weighted by atomic mass is 9.31. The number of hydrogen-bond donors (Lipinski definition) is 1. The highest BCUT2D eigenvalue weighted by Crippen LogP contribution is 2.75. The van der Waals surface area contributed by atoms with Gasteiger partial charge in [-0.15, -0.1) is 0 Å². The van der Waals surface area contributed by atoms with Gasteiger partial charge >= 0.3 is 5.97 Å². The van der Waals surface area contributed by atoms with E-state index in [2.05, 4.69) is 39.5 Å². The molecule has 5 aliphatic carbocycles.